The van der Waals surface area contributed by atoms with Gasteiger partial charge in [-0.3, -0.25) is 9.59 Å². The fourth-order valence-electron chi connectivity index (χ4n) is 2.49. The number of benzene rings is 1. The largest absolute Gasteiger partial charge is 0.451 e. The van der Waals surface area contributed by atoms with Gasteiger partial charge in [0.05, 0.1) is 15.7 Å². The van der Waals surface area contributed by atoms with Crippen molar-refractivity contribution in [2.45, 2.75) is 41.5 Å². The highest BCUT2D eigenvalue weighted by molar-refractivity contribution is 7.18. The van der Waals surface area contributed by atoms with Gasteiger partial charge in [0.15, 0.2) is 6.61 Å². The molecule has 2 amide bonds. The quantitative estimate of drug-likeness (QED) is 0.638. The molecule has 1 heterocycles. The van der Waals surface area contributed by atoms with Gasteiger partial charge in [-0.1, -0.05) is 38.4 Å². The van der Waals surface area contributed by atoms with Crippen molar-refractivity contribution in [3.63, 3.8) is 0 Å². The minimum Gasteiger partial charge on any atom is -0.451 e. The summed E-state index contributed by atoms with van der Waals surface area (Å²) in [5.74, 6) is -1.25. The van der Waals surface area contributed by atoms with Crippen molar-refractivity contribution in [1.29, 1.82) is 0 Å². The number of carbonyl (C=O) groups excluding carboxylic acids is 3. The van der Waals surface area contributed by atoms with E-state index in [0.717, 1.165) is 22.5 Å². The van der Waals surface area contributed by atoms with Crippen molar-refractivity contribution in [2.24, 2.45) is 5.41 Å². The van der Waals surface area contributed by atoms with Crippen molar-refractivity contribution in [3.8, 4) is 0 Å². The second-order valence-corrected chi connectivity index (χ2v) is 9.35. The molecule has 0 aliphatic heterocycles. The first kappa shape index (κ1) is 22.9. The molecule has 0 aliphatic rings. The summed E-state index contributed by atoms with van der Waals surface area (Å²) in [5.41, 5.74) is 2.42. The summed E-state index contributed by atoms with van der Waals surface area (Å²) in [6.07, 6.45) is 0. The molecule has 0 bridgehead atoms. The van der Waals surface area contributed by atoms with Crippen LogP contribution in [0.15, 0.2) is 18.2 Å². The second-order valence-electron chi connectivity index (χ2n) is 7.89. The van der Waals surface area contributed by atoms with E-state index in [9.17, 15) is 14.4 Å². The van der Waals surface area contributed by atoms with Gasteiger partial charge in [0.1, 0.15) is 4.88 Å². The topological polar surface area (TPSA) is 84.5 Å². The Hall–Kier alpha value is -2.38. The molecule has 1 aromatic heterocycles. The van der Waals surface area contributed by atoms with Crippen molar-refractivity contribution in [3.05, 3.63) is 44.8 Å². The summed E-state index contributed by atoms with van der Waals surface area (Å²) in [7, 11) is 0. The average Bonchev–Trinajstić information content (AvgIpc) is 2.95. The zero-order valence-electron chi connectivity index (χ0n) is 17.4. The molecule has 0 radical (unpaired) electrons. The van der Waals surface area contributed by atoms with Crippen LogP contribution < -0.4 is 10.6 Å². The van der Waals surface area contributed by atoms with Gasteiger partial charge in [-0.25, -0.2) is 4.79 Å². The number of anilines is 2. The zero-order valence-corrected chi connectivity index (χ0v) is 18.9. The summed E-state index contributed by atoms with van der Waals surface area (Å²) in [5, 5.41) is 6.45. The van der Waals surface area contributed by atoms with Gasteiger partial charge in [-0.2, -0.15) is 0 Å². The summed E-state index contributed by atoms with van der Waals surface area (Å²) >= 11 is 7.29. The lowest BCUT2D eigenvalue weighted by Gasteiger charge is -2.16. The van der Waals surface area contributed by atoms with Gasteiger partial charge in [-0.15, -0.1) is 11.3 Å². The molecular weight excluding hydrogens is 412 g/mol. The molecular formula is C21H25ClN2O4S. The maximum atomic E-state index is 12.4. The minimum atomic E-state index is -0.620. The van der Waals surface area contributed by atoms with Crippen molar-refractivity contribution >= 4 is 51.4 Å². The molecule has 0 aliphatic carbocycles. The summed E-state index contributed by atoms with van der Waals surface area (Å²) in [4.78, 5) is 37.0. The molecule has 29 heavy (non-hydrogen) atoms. The lowest BCUT2D eigenvalue weighted by Crippen LogP contribution is -2.27. The summed E-state index contributed by atoms with van der Waals surface area (Å²) in [6.45, 7) is 10.5. The van der Waals surface area contributed by atoms with E-state index in [-0.39, 0.29) is 5.91 Å². The number of hydrogen-bond donors (Lipinski definition) is 2. The van der Waals surface area contributed by atoms with E-state index in [2.05, 4.69) is 10.6 Å². The van der Waals surface area contributed by atoms with Crippen LogP contribution in [0.25, 0.3) is 0 Å². The number of amides is 2. The van der Waals surface area contributed by atoms with E-state index in [1.54, 1.807) is 39.8 Å². The Bertz CT molecular complexity index is 937. The maximum Gasteiger partial charge on any atom is 0.349 e. The first-order chi connectivity index (χ1) is 13.4. The van der Waals surface area contributed by atoms with Gasteiger partial charge in [0.25, 0.3) is 5.91 Å². The average molecular weight is 437 g/mol. The Morgan fingerprint density at radius 2 is 1.69 bits per heavy atom. The minimum absolute atomic E-state index is 0.150. The van der Waals surface area contributed by atoms with Crippen LogP contribution in [0, 0.1) is 26.2 Å². The van der Waals surface area contributed by atoms with E-state index in [1.807, 2.05) is 19.9 Å². The number of nitrogens with one attached hydrogen (secondary N) is 2. The van der Waals surface area contributed by atoms with E-state index < -0.39 is 23.9 Å². The fourth-order valence-corrected chi connectivity index (χ4v) is 3.82. The first-order valence-corrected chi connectivity index (χ1v) is 10.2. The monoisotopic (exact) mass is 436 g/mol. The molecule has 1 aromatic carbocycles. The fraction of sp³-hybridized carbons (Fsp3) is 0.381. The van der Waals surface area contributed by atoms with Crippen molar-refractivity contribution < 1.29 is 19.1 Å². The van der Waals surface area contributed by atoms with E-state index in [1.165, 1.54) is 0 Å². The highest BCUT2D eigenvalue weighted by Crippen LogP contribution is 2.29. The lowest BCUT2D eigenvalue weighted by atomic mass is 9.96. The summed E-state index contributed by atoms with van der Waals surface area (Å²) < 4.78 is 5.14. The normalized spacial score (nSPS) is 11.1. The number of thiophene rings is 1. The van der Waals surface area contributed by atoms with Gasteiger partial charge in [0, 0.05) is 5.41 Å². The van der Waals surface area contributed by atoms with Gasteiger partial charge < -0.3 is 15.4 Å². The SMILES string of the molecule is Cc1cc(C)c(NC(=O)COC(=O)c2sc(NC(=O)C(C)(C)C)cc2C)c(Cl)c1. The van der Waals surface area contributed by atoms with Gasteiger partial charge in [-0.05, 0) is 49.6 Å². The van der Waals surface area contributed by atoms with Crippen LogP contribution in [0.1, 0.15) is 47.1 Å². The second kappa shape index (κ2) is 8.97. The number of hydrogen-bond acceptors (Lipinski definition) is 5. The summed E-state index contributed by atoms with van der Waals surface area (Å²) in [6, 6.07) is 5.36. The van der Waals surface area contributed by atoms with Crippen LogP contribution in [0.3, 0.4) is 0 Å². The Kier molecular flexibility index (Phi) is 7.08. The molecule has 156 valence electrons. The highest BCUT2D eigenvalue weighted by atomic mass is 35.5. The highest BCUT2D eigenvalue weighted by Gasteiger charge is 2.23. The number of carbonyl (C=O) groups is 3. The third-order valence-electron chi connectivity index (χ3n) is 4.05. The van der Waals surface area contributed by atoms with E-state index in [4.69, 9.17) is 16.3 Å². The third-order valence-corrected chi connectivity index (χ3v) is 5.48. The van der Waals surface area contributed by atoms with Crippen LogP contribution in [-0.2, 0) is 14.3 Å². The van der Waals surface area contributed by atoms with E-state index >= 15 is 0 Å². The Morgan fingerprint density at radius 3 is 2.28 bits per heavy atom. The molecule has 2 N–H and O–H groups in total. The molecule has 8 heteroatoms. The lowest BCUT2D eigenvalue weighted by molar-refractivity contribution is -0.123. The number of esters is 1. The van der Waals surface area contributed by atoms with Gasteiger partial charge in [0.2, 0.25) is 5.91 Å². The zero-order chi connectivity index (χ0) is 21.9. The molecule has 0 saturated carbocycles. The van der Waals surface area contributed by atoms with Crippen LogP contribution in [-0.4, -0.2) is 24.4 Å². The molecule has 0 spiro atoms. The predicted octanol–water partition coefficient (Wildman–Crippen LogP) is 5.11. The Balaban J connectivity index is 1.99. The maximum absolute atomic E-state index is 12.4. The van der Waals surface area contributed by atoms with Crippen LogP contribution >= 0.6 is 22.9 Å². The Labute approximate surface area is 179 Å². The van der Waals surface area contributed by atoms with Crippen LogP contribution in [0.5, 0.6) is 0 Å². The molecule has 0 fully saturated rings. The molecule has 0 unspecified atom stereocenters. The van der Waals surface area contributed by atoms with E-state index in [0.29, 0.717) is 26.2 Å². The molecule has 2 rings (SSSR count). The standard InChI is InChI=1S/C21H25ClN2O4S/c1-11-7-12(2)17(14(22)8-11)23-15(25)10-28-19(26)18-13(3)9-16(29-18)24-20(27)21(4,5)6/h7-9H,10H2,1-6H3,(H,23,25)(H,24,27). The number of aryl methyl sites for hydroxylation is 3. The predicted molar refractivity (Wildman–Crippen MR) is 117 cm³/mol. The third kappa shape index (κ3) is 6.05. The molecule has 6 nitrogen and oxygen atoms in total. The first-order valence-electron chi connectivity index (χ1n) is 9.04. The van der Waals surface area contributed by atoms with Crippen molar-refractivity contribution in [2.75, 3.05) is 17.2 Å². The number of ether oxygens (including phenoxy) is 1. The van der Waals surface area contributed by atoms with Gasteiger partial charge >= 0.3 is 5.97 Å². The molecule has 0 atom stereocenters. The van der Waals surface area contributed by atoms with Crippen molar-refractivity contribution in [1.82, 2.24) is 0 Å². The molecule has 0 saturated heterocycles. The van der Waals surface area contributed by atoms with Crippen LogP contribution in [0.2, 0.25) is 5.02 Å². The number of rotatable bonds is 5. The van der Waals surface area contributed by atoms with Crippen LogP contribution in [0.4, 0.5) is 10.7 Å². The smallest absolute Gasteiger partial charge is 0.349 e. The number of halogens is 1. The Morgan fingerprint density at radius 1 is 1.03 bits per heavy atom. The molecule has 2 aromatic rings.